The van der Waals surface area contributed by atoms with Crippen LogP contribution < -0.4 is 14.2 Å². The van der Waals surface area contributed by atoms with Gasteiger partial charge in [0.25, 0.3) is 11.7 Å². The third-order valence-corrected chi connectivity index (χ3v) is 5.61. The summed E-state index contributed by atoms with van der Waals surface area (Å²) in [7, 11) is 2.98. The molecule has 176 valence electrons. The lowest BCUT2D eigenvalue weighted by Gasteiger charge is -2.24. The van der Waals surface area contributed by atoms with Crippen molar-refractivity contribution < 1.29 is 33.3 Å². The zero-order valence-corrected chi connectivity index (χ0v) is 19.1. The van der Waals surface area contributed by atoms with Crippen LogP contribution in [-0.4, -0.2) is 42.5 Å². The Morgan fingerprint density at radius 1 is 1.03 bits per heavy atom. The number of carbonyl (C=O) groups is 2. The van der Waals surface area contributed by atoms with E-state index in [9.17, 15) is 14.7 Å². The standard InChI is InChI=1S/C26H25NO7/c1-4-33-18-10-7-16(8-11-18)23-22(24(28)17-9-12-20(31-2)21(14-17)32-3)25(29)26(30)27(23)15-19-6-5-13-34-19/h5-14,23,28H,4,15H2,1-3H3/t23-/m0/s1. The summed E-state index contributed by atoms with van der Waals surface area (Å²) in [4.78, 5) is 27.6. The number of amides is 1. The minimum atomic E-state index is -0.825. The van der Waals surface area contributed by atoms with E-state index in [0.717, 1.165) is 0 Å². The zero-order valence-electron chi connectivity index (χ0n) is 19.1. The van der Waals surface area contributed by atoms with E-state index < -0.39 is 17.7 Å². The number of hydrogen-bond acceptors (Lipinski definition) is 7. The van der Waals surface area contributed by atoms with E-state index in [1.165, 1.54) is 25.4 Å². The molecule has 1 aromatic heterocycles. The molecule has 0 saturated carbocycles. The van der Waals surface area contributed by atoms with Crippen LogP contribution in [0.1, 0.15) is 29.9 Å². The van der Waals surface area contributed by atoms with Crippen molar-refractivity contribution in [1.82, 2.24) is 4.90 Å². The van der Waals surface area contributed by atoms with Crippen molar-refractivity contribution in [3.8, 4) is 17.2 Å². The Morgan fingerprint density at radius 2 is 1.76 bits per heavy atom. The van der Waals surface area contributed by atoms with Crippen LogP contribution in [0.25, 0.3) is 5.76 Å². The van der Waals surface area contributed by atoms with Crippen LogP contribution in [-0.2, 0) is 16.1 Å². The van der Waals surface area contributed by atoms with Crippen molar-refractivity contribution in [3.63, 3.8) is 0 Å². The highest BCUT2D eigenvalue weighted by atomic mass is 16.5. The second-order valence-corrected chi connectivity index (χ2v) is 7.58. The maximum Gasteiger partial charge on any atom is 0.296 e. The molecule has 1 fully saturated rings. The van der Waals surface area contributed by atoms with Crippen LogP contribution in [0, 0.1) is 0 Å². The molecule has 1 atom stereocenters. The highest BCUT2D eigenvalue weighted by Crippen LogP contribution is 2.41. The molecular formula is C26H25NO7. The third kappa shape index (κ3) is 4.22. The van der Waals surface area contributed by atoms with Crippen LogP contribution >= 0.6 is 0 Å². The molecule has 2 heterocycles. The summed E-state index contributed by atoms with van der Waals surface area (Å²) in [6.07, 6.45) is 1.50. The summed E-state index contributed by atoms with van der Waals surface area (Å²) in [5.41, 5.74) is 0.953. The first kappa shape index (κ1) is 23.0. The highest BCUT2D eigenvalue weighted by Gasteiger charge is 2.46. The van der Waals surface area contributed by atoms with E-state index in [0.29, 0.717) is 40.7 Å². The van der Waals surface area contributed by atoms with Gasteiger partial charge in [-0.25, -0.2) is 0 Å². The highest BCUT2D eigenvalue weighted by molar-refractivity contribution is 6.46. The number of ether oxygens (including phenoxy) is 3. The summed E-state index contributed by atoms with van der Waals surface area (Å²) in [5, 5.41) is 11.2. The summed E-state index contributed by atoms with van der Waals surface area (Å²) in [5.74, 6) is 0.225. The predicted octanol–water partition coefficient (Wildman–Crippen LogP) is 4.32. The number of methoxy groups -OCH3 is 2. The van der Waals surface area contributed by atoms with Crippen molar-refractivity contribution >= 4 is 17.4 Å². The normalized spacial score (nSPS) is 17.1. The molecule has 0 unspecified atom stereocenters. The van der Waals surface area contributed by atoms with Crippen molar-refractivity contribution in [1.29, 1.82) is 0 Å². The number of carbonyl (C=O) groups excluding carboxylic acids is 2. The van der Waals surface area contributed by atoms with Crippen molar-refractivity contribution in [2.45, 2.75) is 19.5 Å². The first-order chi connectivity index (χ1) is 16.5. The van der Waals surface area contributed by atoms with Crippen LogP contribution in [0.3, 0.4) is 0 Å². The van der Waals surface area contributed by atoms with Gasteiger partial charge in [-0.1, -0.05) is 12.1 Å². The molecule has 1 aliphatic rings. The maximum absolute atomic E-state index is 13.2. The van der Waals surface area contributed by atoms with Crippen molar-refractivity contribution in [2.75, 3.05) is 20.8 Å². The number of benzene rings is 2. The molecule has 0 aliphatic carbocycles. The van der Waals surface area contributed by atoms with E-state index in [-0.39, 0.29) is 17.9 Å². The number of nitrogens with zero attached hydrogens (tertiary/aromatic N) is 1. The van der Waals surface area contributed by atoms with Gasteiger partial charge in [0, 0.05) is 5.56 Å². The predicted molar refractivity (Wildman–Crippen MR) is 124 cm³/mol. The fourth-order valence-electron chi connectivity index (χ4n) is 4.01. The van der Waals surface area contributed by atoms with E-state index in [4.69, 9.17) is 18.6 Å². The van der Waals surface area contributed by atoms with Crippen molar-refractivity contribution in [3.05, 3.63) is 83.3 Å². The van der Waals surface area contributed by atoms with Gasteiger partial charge in [-0.2, -0.15) is 0 Å². The van der Waals surface area contributed by atoms with Gasteiger partial charge in [-0.15, -0.1) is 0 Å². The first-order valence-electron chi connectivity index (χ1n) is 10.7. The Balaban J connectivity index is 1.84. The van der Waals surface area contributed by atoms with E-state index >= 15 is 0 Å². The Bertz CT molecular complexity index is 1210. The molecule has 0 bridgehead atoms. The lowest BCUT2D eigenvalue weighted by atomic mass is 9.95. The molecule has 34 heavy (non-hydrogen) atoms. The lowest BCUT2D eigenvalue weighted by Crippen LogP contribution is -2.29. The number of furan rings is 1. The minimum Gasteiger partial charge on any atom is -0.507 e. The zero-order chi connectivity index (χ0) is 24.2. The topological polar surface area (TPSA) is 98.4 Å². The molecular weight excluding hydrogens is 438 g/mol. The molecule has 8 nitrogen and oxygen atoms in total. The van der Waals surface area contributed by atoms with Gasteiger partial charge in [-0.05, 0) is 55.0 Å². The number of aliphatic hydroxyl groups excluding tert-OH is 1. The molecule has 3 aromatic rings. The third-order valence-electron chi connectivity index (χ3n) is 5.61. The largest absolute Gasteiger partial charge is 0.507 e. The second-order valence-electron chi connectivity index (χ2n) is 7.58. The SMILES string of the molecule is CCOc1ccc([C@H]2C(=C(O)c3ccc(OC)c(OC)c3)C(=O)C(=O)N2Cc2ccco2)cc1. The number of Topliss-reactive ketones (excluding diaryl/α,β-unsaturated/α-hetero) is 1. The monoisotopic (exact) mass is 463 g/mol. The molecule has 1 aliphatic heterocycles. The average Bonchev–Trinajstić information content (AvgIpc) is 3.46. The summed E-state index contributed by atoms with van der Waals surface area (Å²) >= 11 is 0. The molecule has 8 heteroatoms. The summed E-state index contributed by atoms with van der Waals surface area (Å²) in [6.45, 7) is 2.46. The van der Waals surface area contributed by atoms with Gasteiger partial charge in [0.1, 0.15) is 17.3 Å². The summed E-state index contributed by atoms with van der Waals surface area (Å²) in [6, 6.07) is 14.5. The van der Waals surface area contributed by atoms with Gasteiger partial charge in [0.05, 0.1) is 45.2 Å². The van der Waals surface area contributed by atoms with Crippen molar-refractivity contribution in [2.24, 2.45) is 0 Å². The van der Waals surface area contributed by atoms with E-state index in [2.05, 4.69) is 0 Å². The number of aliphatic hydroxyl groups is 1. The van der Waals surface area contributed by atoms with Crippen LogP contribution in [0.4, 0.5) is 0 Å². The Hall–Kier alpha value is -4.20. The van der Waals surface area contributed by atoms with Gasteiger partial charge in [0.15, 0.2) is 11.5 Å². The second kappa shape index (κ2) is 9.74. The van der Waals surface area contributed by atoms with Crippen LogP contribution in [0.2, 0.25) is 0 Å². The quantitative estimate of drug-likeness (QED) is 0.302. The number of rotatable bonds is 8. The van der Waals surface area contributed by atoms with Crippen LogP contribution in [0.5, 0.6) is 17.2 Å². The fourth-order valence-corrected chi connectivity index (χ4v) is 4.01. The average molecular weight is 463 g/mol. The summed E-state index contributed by atoms with van der Waals surface area (Å²) < 4.78 is 21.5. The molecule has 1 N–H and O–H groups in total. The molecule has 4 rings (SSSR count). The smallest absolute Gasteiger partial charge is 0.296 e. The maximum atomic E-state index is 13.2. The minimum absolute atomic E-state index is 0.0204. The van der Waals surface area contributed by atoms with E-state index in [1.54, 1.807) is 54.6 Å². The molecule has 0 radical (unpaired) electrons. The number of likely N-dealkylation sites (tertiary alicyclic amines) is 1. The fraction of sp³-hybridized carbons (Fsp3) is 0.231. The Kier molecular flexibility index (Phi) is 6.58. The van der Waals surface area contributed by atoms with Crippen LogP contribution in [0.15, 0.2) is 70.9 Å². The first-order valence-corrected chi connectivity index (χ1v) is 10.7. The molecule has 2 aromatic carbocycles. The van der Waals surface area contributed by atoms with E-state index in [1.807, 2.05) is 6.92 Å². The Morgan fingerprint density at radius 3 is 2.38 bits per heavy atom. The van der Waals surface area contributed by atoms with Gasteiger partial charge in [-0.3, -0.25) is 9.59 Å². The number of hydrogen-bond donors (Lipinski definition) is 1. The molecule has 1 saturated heterocycles. The molecule has 0 spiro atoms. The van der Waals surface area contributed by atoms with Gasteiger partial charge in [0.2, 0.25) is 0 Å². The van der Waals surface area contributed by atoms with Gasteiger partial charge >= 0.3 is 0 Å². The van der Waals surface area contributed by atoms with Gasteiger partial charge < -0.3 is 28.6 Å². The number of ketones is 1. The molecule has 1 amide bonds. The lowest BCUT2D eigenvalue weighted by molar-refractivity contribution is -0.140. The Labute approximate surface area is 197 Å².